The number of aromatic nitrogens is 2. The van der Waals surface area contributed by atoms with Crippen molar-refractivity contribution in [1.29, 1.82) is 0 Å². The van der Waals surface area contributed by atoms with Crippen molar-refractivity contribution < 1.29 is 4.92 Å². The fourth-order valence-electron chi connectivity index (χ4n) is 1.86. The molecule has 19 heavy (non-hydrogen) atoms. The topological polar surface area (TPSA) is 60.4 Å². The predicted octanol–water partition coefficient (Wildman–Crippen LogP) is 3.56. The Balaban J connectivity index is 2.06. The number of nitrogens with zero attached hydrogens (tertiary/aromatic N) is 3. The fraction of sp³-hybridized carbons (Fsp3) is 0. The molecule has 0 fully saturated rings. The Hall–Kier alpha value is -2.40. The average Bonchev–Trinajstić information content (AvgIpc) is 2.81. The standard InChI is InChI=1S/C13H8ClN3O2/c14-10-3-6-13-15-12(8-16(13)7-10)9-1-4-11(5-2-9)17(18)19/h1-8H. The van der Waals surface area contributed by atoms with Gasteiger partial charge in [-0.05, 0) is 24.3 Å². The van der Waals surface area contributed by atoms with Crippen LogP contribution in [0.15, 0.2) is 48.8 Å². The summed E-state index contributed by atoms with van der Waals surface area (Å²) in [5.41, 5.74) is 2.41. The van der Waals surface area contributed by atoms with Crippen molar-refractivity contribution in [3.05, 3.63) is 63.9 Å². The fourth-order valence-corrected chi connectivity index (χ4v) is 2.03. The number of fused-ring (bicyclic) bond motifs is 1. The van der Waals surface area contributed by atoms with Crippen molar-refractivity contribution in [2.75, 3.05) is 0 Å². The SMILES string of the molecule is O=[N+]([O-])c1ccc(-c2cn3cc(Cl)ccc3n2)cc1. The summed E-state index contributed by atoms with van der Waals surface area (Å²) in [7, 11) is 0. The first-order chi connectivity index (χ1) is 9.13. The lowest BCUT2D eigenvalue weighted by Crippen LogP contribution is -1.87. The lowest BCUT2D eigenvalue weighted by molar-refractivity contribution is -0.384. The van der Waals surface area contributed by atoms with Gasteiger partial charge in [-0.1, -0.05) is 11.6 Å². The Morgan fingerprint density at radius 1 is 1.11 bits per heavy atom. The number of hydrogen-bond donors (Lipinski definition) is 0. The second-order valence-electron chi connectivity index (χ2n) is 4.04. The number of nitro groups is 1. The summed E-state index contributed by atoms with van der Waals surface area (Å²) in [6.07, 6.45) is 3.60. The molecule has 0 atom stereocenters. The van der Waals surface area contributed by atoms with E-state index in [1.54, 1.807) is 24.4 Å². The lowest BCUT2D eigenvalue weighted by Gasteiger charge is -1.95. The Morgan fingerprint density at radius 3 is 2.53 bits per heavy atom. The summed E-state index contributed by atoms with van der Waals surface area (Å²) in [6, 6.07) is 9.88. The number of halogens is 1. The molecule has 0 amide bonds. The van der Waals surface area contributed by atoms with Gasteiger partial charge in [0.15, 0.2) is 0 Å². The first kappa shape index (κ1) is 11.7. The highest BCUT2D eigenvalue weighted by Gasteiger charge is 2.08. The number of nitro benzene ring substituents is 1. The summed E-state index contributed by atoms with van der Waals surface area (Å²) in [5, 5.41) is 11.2. The molecule has 0 spiro atoms. The highest BCUT2D eigenvalue weighted by Crippen LogP contribution is 2.22. The van der Waals surface area contributed by atoms with Gasteiger partial charge in [0.1, 0.15) is 5.65 Å². The maximum Gasteiger partial charge on any atom is 0.269 e. The van der Waals surface area contributed by atoms with Gasteiger partial charge >= 0.3 is 0 Å². The van der Waals surface area contributed by atoms with Crippen molar-refractivity contribution in [1.82, 2.24) is 9.38 Å². The molecule has 0 saturated carbocycles. The molecule has 5 nitrogen and oxygen atoms in total. The van der Waals surface area contributed by atoms with Gasteiger partial charge in [-0.25, -0.2) is 4.98 Å². The molecule has 2 heterocycles. The van der Waals surface area contributed by atoms with Gasteiger partial charge in [0.2, 0.25) is 0 Å². The number of pyridine rings is 1. The maximum atomic E-state index is 10.6. The second kappa shape index (κ2) is 4.37. The molecule has 0 bridgehead atoms. The third kappa shape index (κ3) is 2.15. The summed E-state index contributed by atoms with van der Waals surface area (Å²) in [4.78, 5) is 14.6. The summed E-state index contributed by atoms with van der Waals surface area (Å²) in [6.45, 7) is 0. The van der Waals surface area contributed by atoms with Crippen LogP contribution in [-0.2, 0) is 0 Å². The Kier molecular flexibility index (Phi) is 2.68. The minimum Gasteiger partial charge on any atom is -0.305 e. The first-order valence-corrected chi connectivity index (χ1v) is 5.90. The van der Waals surface area contributed by atoms with Crippen LogP contribution in [0.2, 0.25) is 5.02 Å². The molecule has 6 heteroatoms. The molecule has 1 aromatic carbocycles. The van der Waals surface area contributed by atoms with Crippen LogP contribution in [0.5, 0.6) is 0 Å². The van der Waals surface area contributed by atoms with Crippen LogP contribution in [0.25, 0.3) is 16.9 Å². The Bertz CT molecular complexity index is 765. The first-order valence-electron chi connectivity index (χ1n) is 5.52. The highest BCUT2D eigenvalue weighted by molar-refractivity contribution is 6.30. The van der Waals surface area contributed by atoms with Gasteiger partial charge in [0.25, 0.3) is 5.69 Å². The quantitative estimate of drug-likeness (QED) is 0.530. The van der Waals surface area contributed by atoms with Crippen LogP contribution in [0.4, 0.5) is 5.69 Å². The van der Waals surface area contributed by atoms with Gasteiger partial charge in [-0.2, -0.15) is 0 Å². The molecule has 0 aliphatic heterocycles. The zero-order chi connectivity index (χ0) is 13.4. The van der Waals surface area contributed by atoms with E-state index in [4.69, 9.17) is 11.6 Å². The van der Waals surface area contributed by atoms with E-state index >= 15 is 0 Å². The molecular weight excluding hydrogens is 266 g/mol. The Morgan fingerprint density at radius 2 is 1.84 bits per heavy atom. The molecule has 3 rings (SSSR count). The molecule has 94 valence electrons. The van der Waals surface area contributed by atoms with Crippen molar-refractivity contribution in [2.24, 2.45) is 0 Å². The molecule has 3 aromatic rings. The normalized spacial score (nSPS) is 10.8. The van der Waals surface area contributed by atoms with Crippen LogP contribution in [0.3, 0.4) is 0 Å². The van der Waals surface area contributed by atoms with Gasteiger partial charge in [0.05, 0.1) is 15.6 Å². The summed E-state index contributed by atoms with van der Waals surface area (Å²) >= 11 is 5.91. The van der Waals surface area contributed by atoms with E-state index in [0.717, 1.165) is 16.9 Å². The molecule has 2 aromatic heterocycles. The largest absolute Gasteiger partial charge is 0.305 e. The van der Waals surface area contributed by atoms with Crippen molar-refractivity contribution in [2.45, 2.75) is 0 Å². The van der Waals surface area contributed by atoms with E-state index in [9.17, 15) is 10.1 Å². The summed E-state index contributed by atoms with van der Waals surface area (Å²) < 4.78 is 1.82. The number of rotatable bonds is 2. The lowest BCUT2D eigenvalue weighted by atomic mass is 10.1. The van der Waals surface area contributed by atoms with E-state index < -0.39 is 4.92 Å². The molecule has 0 aliphatic rings. The minimum absolute atomic E-state index is 0.0653. The second-order valence-corrected chi connectivity index (χ2v) is 4.48. The van der Waals surface area contributed by atoms with Gasteiger partial charge < -0.3 is 4.40 Å². The van der Waals surface area contributed by atoms with Crippen LogP contribution < -0.4 is 0 Å². The van der Waals surface area contributed by atoms with E-state index in [1.165, 1.54) is 12.1 Å². The van der Waals surface area contributed by atoms with Crippen molar-refractivity contribution in [3.63, 3.8) is 0 Å². The van der Waals surface area contributed by atoms with E-state index in [2.05, 4.69) is 4.98 Å². The van der Waals surface area contributed by atoms with Gasteiger partial charge in [0, 0.05) is 30.1 Å². The van der Waals surface area contributed by atoms with Crippen LogP contribution in [0.1, 0.15) is 0 Å². The number of imidazole rings is 1. The molecule has 0 saturated heterocycles. The number of benzene rings is 1. The smallest absolute Gasteiger partial charge is 0.269 e. The predicted molar refractivity (Wildman–Crippen MR) is 72.3 cm³/mol. The number of non-ortho nitro benzene ring substituents is 1. The third-order valence-electron chi connectivity index (χ3n) is 2.79. The zero-order valence-electron chi connectivity index (χ0n) is 9.65. The Labute approximate surface area is 113 Å². The monoisotopic (exact) mass is 273 g/mol. The van der Waals surface area contributed by atoms with Gasteiger partial charge in [-0.15, -0.1) is 0 Å². The average molecular weight is 274 g/mol. The molecule has 0 unspecified atom stereocenters. The van der Waals surface area contributed by atoms with E-state index in [0.29, 0.717) is 5.02 Å². The van der Waals surface area contributed by atoms with Gasteiger partial charge in [-0.3, -0.25) is 10.1 Å². The third-order valence-corrected chi connectivity index (χ3v) is 3.01. The summed E-state index contributed by atoms with van der Waals surface area (Å²) in [5.74, 6) is 0. The van der Waals surface area contributed by atoms with Crippen LogP contribution in [0, 0.1) is 10.1 Å². The maximum absolute atomic E-state index is 10.6. The highest BCUT2D eigenvalue weighted by atomic mass is 35.5. The minimum atomic E-state index is -0.423. The molecular formula is C13H8ClN3O2. The molecule has 0 N–H and O–H groups in total. The van der Waals surface area contributed by atoms with Crippen molar-refractivity contribution >= 4 is 22.9 Å². The molecule has 0 aliphatic carbocycles. The van der Waals surface area contributed by atoms with E-state index in [-0.39, 0.29) is 5.69 Å². The van der Waals surface area contributed by atoms with Crippen molar-refractivity contribution in [3.8, 4) is 11.3 Å². The van der Waals surface area contributed by atoms with E-state index in [1.807, 2.05) is 16.7 Å². The number of hydrogen-bond acceptors (Lipinski definition) is 3. The van der Waals surface area contributed by atoms with Crippen LogP contribution in [-0.4, -0.2) is 14.3 Å². The zero-order valence-corrected chi connectivity index (χ0v) is 10.4. The molecule has 0 radical (unpaired) electrons. The van der Waals surface area contributed by atoms with Crippen LogP contribution >= 0.6 is 11.6 Å².